The number of primary amides is 1. The monoisotopic (exact) mass is 517 g/mol. The number of rotatable bonds is 5. The molecule has 1 unspecified atom stereocenters. The lowest BCUT2D eigenvalue weighted by atomic mass is 9.95. The molecule has 1 aliphatic heterocycles. The van der Waals surface area contributed by atoms with Crippen LogP contribution in [0.2, 0.25) is 5.02 Å². The van der Waals surface area contributed by atoms with Gasteiger partial charge >= 0.3 is 6.18 Å². The fraction of sp³-hybridized carbons (Fsp3) is 0.200. The minimum Gasteiger partial charge on any atom is -0.364 e. The largest absolute Gasteiger partial charge is 0.410 e. The molecule has 2 aromatic carbocycles. The van der Waals surface area contributed by atoms with Crippen molar-refractivity contribution in [3.63, 3.8) is 0 Å². The van der Waals surface area contributed by atoms with Gasteiger partial charge in [0.15, 0.2) is 6.04 Å². The molecule has 0 saturated heterocycles. The molecule has 3 rings (SSSR count). The summed E-state index contributed by atoms with van der Waals surface area (Å²) in [5.41, 5.74) is 3.27. The second-order valence-corrected chi connectivity index (χ2v) is 7.88. The van der Waals surface area contributed by atoms with Gasteiger partial charge in [0, 0.05) is 31.3 Å². The van der Waals surface area contributed by atoms with E-state index in [1.165, 1.54) is 31.3 Å². The first-order valence-electron chi connectivity index (χ1n) is 9.40. The molecule has 3 N–H and O–H groups in total. The van der Waals surface area contributed by atoms with Crippen molar-refractivity contribution >= 4 is 46.4 Å². The molecule has 1 atom stereocenters. The van der Waals surface area contributed by atoms with Crippen LogP contribution in [0.5, 0.6) is 0 Å². The van der Waals surface area contributed by atoms with E-state index in [-0.39, 0.29) is 27.4 Å². The number of carbonyl (C=O) groups excluding carboxylic acids is 2. The number of hydrogen-bond donors (Lipinski definition) is 2. The second kappa shape index (κ2) is 9.12. The highest BCUT2D eigenvalue weighted by molar-refractivity contribution is 6.36. The van der Waals surface area contributed by atoms with E-state index in [2.05, 4.69) is 5.32 Å². The maximum Gasteiger partial charge on any atom is 0.410 e. The summed E-state index contributed by atoms with van der Waals surface area (Å²) < 4.78 is 41.4. The van der Waals surface area contributed by atoms with Crippen molar-refractivity contribution in [2.75, 3.05) is 19.1 Å². The van der Waals surface area contributed by atoms with Crippen molar-refractivity contribution in [1.29, 1.82) is 0 Å². The SMILES string of the molecule is CNC(=O)c1ccccc1-c1c([N+](=O)[O-])ccc(Cl)c1N1C(C(N)=O)=C(Cl)C(C(F)(F)F)N1C. The van der Waals surface area contributed by atoms with Gasteiger partial charge in [-0.1, -0.05) is 41.4 Å². The predicted molar refractivity (Wildman–Crippen MR) is 119 cm³/mol. The third-order valence-corrected chi connectivity index (χ3v) is 5.78. The summed E-state index contributed by atoms with van der Waals surface area (Å²) in [5, 5.41) is 14.4. The fourth-order valence-corrected chi connectivity index (χ4v) is 4.40. The number of nitrogens with zero attached hydrogens (tertiary/aromatic N) is 3. The standard InChI is InChI=1S/C20H16Cl2F3N5O4/c1-27-19(32)10-6-4-3-5-9(10)13-12(30(33)34)8-7-11(21)15(13)29-16(18(26)31)14(22)17(28(29)2)20(23,24)25/h3-8,17H,1-2H3,(H2,26,31)(H,27,32). The van der Waals surface area contributed by atoms with Gasteiger partial charge in [-0.15, -0.1) is 0 Å². The first kappa shape index (κ1) is 25.3. The zero-order valence-corrected chi connectivity index (χ0v) is 19.0. The highest BCUT2D eigenvalue weighted by Gasteiger charge is 2.54. The molecule has 1 heterocycles. The maximum atomic E-state index is 13.8. The van der Waals surface area contributed by atoms with Gasteiger partial charge in [0.2, 0.25) is 0 Å². The van der Waals surface area contributed by atoms with Crippen LogP contribution in [0.3, 0.4) is 0 Å². The lowest BCUT2D eigenvalue weighted by Gasteiger charge is -2.34. The van der Waals surface area contributed by atoms with E-state index >= 15 is 0 Å². The number of nitrogens with one attached hydrogen (secondary N) is 1. The third-order valence-electron chi connectivity index (χ3n) is 5.09. The molecule has 0 fully saturated rings. The van der Waals surface area contributed by atoms with Crippen LogP contribution in [0, 0.1) is 10.1 Å². The van der Waals surface area contributed by atoms with Crippen molar-refractivity contribution < 1.29 is 27.7 Å². The van der Waals surface area contributed by atoms with Gasteiger partial charge in [-0.05, 0) is 12.1 Å². The highest BCUT2D eigenvalue weighted by atomic mass is 35.5. The first-order chi connectivity index (χ1) is 15.8. The van der Waals surface area contributed by atoms with Crippen LogP contribution in [0.4, 0.5) is 24.5 Å². The summed E-state index contributed by atoms with van der Waals surface area (Å²) in [6.45, 7) is 0. The molecule has 0 spiro atoms. The number of amides is 2. The highest BCUT2D eigenvalue weighted by Crippen LogP contribution is 2.50. The van der Waals surface area contributed by atoms with Crippen molar-refractivity contribution in [3.05, 3.63) is 67.8 Å². The second-order valence-electron chi connectivity index (χ2n) is 7.06. The van der Waals surface area contributed by atoms with E-state index < -0.39 is 45.4 Å². The minimum absolute atomic E-state index is 0.0187. The molecule has 0 saturated carbocycles. The predicted octanol–water partition coefficient (Wildman–Crippen LogP) is 3.81. The molecule has 14 heteroatoms. The van der Waals surface area contributed by atoms with Gasteiger partial charge < -0.3 is 11.1 Å². The summed E-state index contributed by atoms with van der Waals surface area (Å²) in [6, 6.07) is 5.34. The Labute approximate surface area is 200 Å². The summed E-state index contributed by atoms with van der Waals surface area (Å²) in [5.74, 6) is -1.95. The zero-order valence-electron chi connectivity index (χ0n) is 17.5. The van der Waals surface area contributed by atoms with Crippen LogP contribution in [0.15, 0.2) is 47.1 Å². The smallest absolute Gasteiger partial charge is 0.364 e. The zero-order chi connectivity index (χ0) is 25.5. The lowest BCUT2D eigenvalue weighted by molar-refractivity contribution is -0.384. The third kappa shape index (κ3) is 4.15. The quantitative estimate of drug-likeness (QED) is 0.459. The van der Waals surface area contributed by atoms with Crippen LogP contribution in [0.25, 0.3) is 11.1 Å². The van der Waals surface area contributed by atoms with E-state index in [0.29, 0.717) is 10.0 Å². The van der Waals surface area contributed by atoms with Crippen molar-refractivity contribution in [3.8, 4) is 11.1 Å². The summed E-state index contributed by atoms with van der Waals surface area (Å²) >= 11 is 12.3. The average molecular weight is 518 g/mol. The molecular weight excluding hydrogens is 502 g/mol. The Morgan fingerprint density at radius 1 is 1.18 bits per heavy atom. The Balaban J connectivity index is 2.46. The molecule has 180 valence electrons. The van der Waals surface area contributed by atoms with E-state index in [4.69, 9.17) is 28.9 Å². The number of likely N-dealkylation sites (N-methyl/N-ethyl adjacent to an activating group) is 1. The number of nitrogens with two attached hydrogens (primary N) is 1. The molecule has 2 aromatic rings. The summed E-state index contributed by atoms with van der Waals surface area (Å²) in [4.78, 5) is 35.8. The number of nitro benzene ring substituents is 1. The van der Waals surface area contributed by atoms with Crippen LogP contribution < -0.4 is 16.1 Å². The number of anilines is 1. The molecule has 2 amide bonds. The molecule has 0 aromatic heterocycles. The van der Waals surface area contributed by atoms with Gasteiger partial charge in [0.1, 0.15) is 5.70 Å². The summed E-state index contributed by atoms with van der Waals surface area (Å²) in [7, 11) is 2.31. The Hall–Kier alpha value is -3.35. The van der Waals surface area contributed by atoms with Gasteiger partial charge in [0.05, 0.1) is 26.2 Å². The maximum absolute atomic E-state index is 13.8. The average Bonchev–Trinajstić information content (AvgIpc) is 3.02. The molecule has 9 nitrogen and oxygen atoms in total. The normalized spacial score (nSPS) is 16.7. The van der Waals surface area contributed by atoms with Gasteiger partial charge in [0.25, 0.3) is 17.5 Å². The number of nitro groups is 1. The molecule has 0 aliphatic carbocycles. The number of benzene rings is 2. The van der Waals surface area contributed by atoms with Crippen molar-refractivity contribution in [2.45, 2.75) is 12.2 Å². The Kier molecular flexibility index (Phi) is 6.78. The molecule has 34 heavy (non-hydrogen) atoms. The van der Waals surface area contributed by atoms with Gasteiger partial charge in [-0.25, -0.2) is 5.01 Å². The van der Waals surface area contributed by atoms with E-state index in [1.807, 2.05) is 0 Å². The lowest BCUT2D eigenvalue weighted by Crippen LogP contribution is -2.48. The van der Waals surface area contributed by atoms with E-state index in [9.17, 15) is 32.9 Å². The van der Waals surface area contributed by atoms with Crippen molar-refractivity contribution in [1.82, 2.24) is 10.3 Å². The Bertz CT molecular complexity index is 1240. The topological polar surface area (TPSA) is 122 Å². The molecule has 1 aliphatic rings. The van der Waals surface area contributed by atoms with Crippen LogP contribution in [-0.2, 0) is 4.79 Å². The van der Waals surface area contributed by atoms with Crippen molar-refractivity contribution in [2.24, 2.45) is 5.73 Å². The number of alkyl halides is 3. The molecular formula is C20H16Cl2F3N5O4. The van der Waals surface area contributed by atoms with E-state index in [1.54, 1.807) is 0 Å². The number of hydrogen-bond acceptors (Lipinski definition) is 6. The van der Waals surface area contributed by atoms with Crippen LogP contribution >= 0.6 is 23.2 Å². The van der Waals surface area contributed by atoms with E-state index in [0.717, 1.165) is 19.2 Å². The molecule has 0 radical (unpaired) electrons. The first-order valence-corrected chi connectivity index (χ1v) is 10.2. The number of carbonyl (C=O) groups is 2. The number of hydrazine groups is 1. The molecule has 0 bridgehead atoms. The minimum atomic E-state index is -4.94. The Morgan fingerprint density at radius 2 is 1.79 bits per heavy atom. The number of halogens is 5. The van der Waals surface area contributed by atoms with Gasteiger partial charge in [-0.2, -0.15) is 13.2 Å². The van der Waals surface area contributed by atoms with Crippen LogP contribution in [-0.4, -0.2) is 48.1 Å². The fourth-order valence-electron chi connectivity index (χ4n) is 3.73. The van der Waals surface area contributed by atoms with Gasteiger partial charge in [-0.3, -0.25) is 24.7 Å². The van der Waals surface area contributed by atoms with Crippen LogP contribution in [0.1, 0.15) is 10.4 Å². The Morgan fingerprint density at radius 3 is 2.32 bits per heavy atom. The summed E-state index contributed by atoms with van der Waals surface area (Å²) in [6.07, 6.45) is -4.94.